The molecule has 7 nitrogen and oxygen atoms in total. The standard InChI is InChI=1S/C22H18ClN3O4S/c1-13-11-26-20(27)10-16(24-22(26)31-13)12-30-19-7-6-15(23)9-18(19)25-21(28)14-4-3-5-17(8-14)29-2/h3-11H,12H2,1-2H3,(H,25,28). The first-order valence-corrected chi connectivity index (χ1v) is 10.5. The van der Waals surface area contributed by atoms with E-state index in [-0.39, 0.29) is 18.1 Å². The van der Waals surface area contributed by atoms with Crippen LogP contribution in [0.1, 0.15) is 20.9 Å². The van der Waals surface area contributed by atoms with E-state index < -0.39 is 0 Å². The van der Waals surface area contributed by atoms with E-state index in [1.807, 2.05) is 6.92 Å². The zero-order valence-electron chi connectivity index (χ0n) is 16.7. The molecule has 0 saturated heterocycles. The number of benzene rings is 2. The molecule has 0 aliphatic rings. The third-order valence-corrected chi connectivity index (χ3v) is 5.57. The summed E-state index contributed by atoms with van der Waals surface area (Å²) in [6.07, 6.45) is 1.76. The average molecular weight is 456 g/mol. The molecule has 0 aliphatic heterocycles. The van der Waals surface area contributed by atoms with Gasteiger partial charge in [-0.15, -0.1) is 11.3 Å². The first-order valence-electron chi connectivity index (χ1n) is 9.29. The fourth-order valence-electron chi connectivity index (χ4n) is 2.97. The molecule has 0 aliphatic carbocycles. The van der Waals surface area contributed by atoms with E-state index in [9.17, 15) is 9.59 Å². The van der Waals surface area contributed by atoms with Gasteiger partial charge in [-0.1, -0.05) is 17.7 Å². The number of carbonyl (C=O) groups excluding carboxylic acids is 1. The number of nitrogens with zero attached hydrogens (tertiary/aromatic N) is 2. The van der Waals surface area contributed by atoms with Gasteiger partial charge in [-0.05, 0) is 43.3 Å². The summed E-state index contributed by atoms with van der Waals surface area (Å²) in [6.45, 7) is 1.98. The largest absolute Gasteiger partial charge is 0.497 e. The Morgan fingerprint density at radius 1 is 1.23 bits per heavy atom. The van der Waals surface area contributed by atoms with E-state index in [0.29, 0.717) is 38.4 Å². The first kappa shape index (κ1) is 20.9. The minimum atomic E-state index is -0.335. The highest BCUT2D eigenvalue weighted by Crippen LogP contribution is 2.29. The number of fused-ring (bicyclic) bond motifs is 1. The summed E-state index contributed by atoms with van der Waals surface area (Å²) in [6, 6.07) is 13.2. The van der Waals surface area contributed by atoms with Crippen molar-refractivity contribution < 1.29 is 14.3 Å². The Morgan fingerprint density at radius 3 is 2.87 bits per heavy atom. The molecule has 0 saturated carbocycles. The minimum Gasteiger partial charge on any atom is -0.497 e. The van der Waals surface area contributed by atoms with Gasteiger partial charge in [0.1, 0.15) is 18.1 Å². The Kier molecular flexibility index (Phi) is 5.92. The summed E-state index contributed by atoms with van der Waals surface area (Å²) in [4.78, 5) is 31.0. The molecule has 0 fully saturated rings. The van der Waals surface area contributed by atoms with Crippen molar-refractivity contribution in [2.75, 3.05) is 12.4 Å². The lowest BCUT2D eigenvalue weighted by molar-refractivity contribution is 0.102. The number of methoxy groups -OCH3 is 1. The lowest BCUT2D eigenvalue weighted by Crippen LogP contribution is -2.15. The molecular weight excluding hydrogens is 438 g/mol. The van der Waals surface area contributed by atoms with Gasteiger partial charge in [-0.25, -0.2) is 4.98 Å². The van der Waals surface area contributed by atoms with Crippen molar-refractivity contribution in [1.82, 2.24) is 9.38 Å². The molecular formula is C22H18ClN3O4S. The van der Waals surface area contributed by atoms with Crippen LogP contribution in [0.5, 0.6) is 11.5 Å². The summed E-state index contributed by atoms with van der Waals surface area (Å²) in [5.74, 6) is 0.648. The Balaban J connectivity index is 1.55. The number of anilines is 1. The second-order valence-electron chi connectivity index (χ2n) is 6.70. The SMILES string of the molecule is COc1cccc(C(=O)Nc2cc(Cl)ccc2OCc2cc(=O)n3cc(C)sc3n2)c1. The van der Waals surface area contributed by atoms with Gasteiger partial charge in [0.05, 0.1) is 18.5 Å². The molecule has 2 aromatic heterocycles. The molecule has 0 bridgehead atoms. The zero-order chi connectivity index (χ0) is 22.0. The highest BCUT2D eigenvalue weighted by Gasteiger charge is 2.13. The molecule has 31 heavy (non-hydrogen) atoms. The monoisotopic (exact) mass is 455 g/mol. The second kappa shape index (κ2) is 8.79. The molecule has 0 radical (unpaired) electrons. The summed E-state index contributed by atoms with van der Waals surface area (Å²) >= 11 is 7.55. The predicted octanol–water partition coefficient (Wildman–Crippen LogP) is 4.56. The van der Waals surface area contributed by atoms with Crippen LogP contribution in [0, 0.1) is 6.92 Å². The highest BCUT2D eigenvalue weighted by atomic mass is 35.5. The van der Waals surface area contributed by atoms with Gasteiger partial charge >= 0.3 is 0 Å². The van der Waals surface area contributed by atoms with E-state index in [2.05, 4.69) is 10.3 Å². The smallest absolute Gasteiger partial charge is 0.258 e. The fourth-order valence-corrected chi connectivity index (χ4v) is 3.99. The normalized spacial score (nSPS) is 10.8. The van der Waals surface area contributed by atoms with Gasteiger partial charge in [-0.2, -0.15) is 0 Å². The number of aromatic nitrogens is 2. The number of ether oxygens (including phenoxy) is 2. The molecule has 2 heterocycles. The maximum Gasteiger partial charge on any atom is 0.258 e. The van der Waals surface area contributed by atoms with Crippen molar-refractivity contribution in [3.8, 4) is 11.5 Å². The number of nitrogens with one attached hydrogen (secondary N) is 1. The van der Waals surface area contributed by atoms with Crippen LogP contribution in [0.2, 0.25) is 5.02 Å². The molecule has 4 aromatic rings. The Morgan fingerprint density at radius 2 is 2.06 bits per heavy atom. The number of rotatable bonds is 6. The zero-order valence-corrected chi connectivity index (χ0v) is 18.3. The van der Waals surface area contributed by atoms with Gasteiger partial charge in [0.2, 0.25) is 0 Å². The molecule has 158 valence electrons. The van der Waals surface area contributed by atoms with Crippen LogP contribution in [-0.2, 0) is 6.61 Å². The van der Waals surface area contributed by atoms with Crippen molar-refractivity contribution in [1.29, 1.82) is 0 Å². The lowest BCUT2D eigenvalue weighted by Gasteiger charge is -2.13. The third-order valence-electron chi connectivity index (χ3n) is 4.43. The lowest BCUT2D eigenvalue weighted by atomic mass is 10.2. The second-order valence-corrected chi connectivity index (χ2v) is 8.34. The van der Waals surface area contributed by atoms with E-state index in [0.717, 1.165) is 4.88 Å². The van der Waals surface area contributed by atoms with Crippen LogP contribution in [0.15, 0.2) is 59.5 Å². The van der Waals surface area contributed by atoms with Gasteiger partial charge in [-0.3, -0.25) is 14.0 Å². The Hall–Kier alpha value is -3.36. The molecule has 2 aromatic carbocycles. The number of halogens is 1. The van der Waals surface area contributed by atoms with E-state index in [4.69, 9.17) is 21.1 Å². The molecule has 4 rings (SSSR count). The van der Waals surface area contributed by atoms with Crippen LogP contribution in [0.3, 0.4) is 0 Å². The minimum absolute atomic E-state index is 0.0619. The predicted molar refractivity (Wildman–Crippen MR) is 121 cm³/mol. The topological polar surface area (TPSA) is 81.9 Å². The summed E-state index contributed by atoms with van der Waals surface area (Å²) in [7, 11) is 1.54. The van der Waals surface area contributed by atoms with Crippen molar-refractivity contribution in [3.05, 3.63) is 86.2 Å². The molecule has 9 heteroatoms. The maximum absolute atomic E-state index is 12.7. The van der Waals surface area contributed by atoms with Crippen molar-refractivity contribution in [3.63, 3.8) is 0 Å². The van der Waals surface area contributed by atoms with Gasteiger partial charge in [0.15, 0.2) is 4.96 Å². The van der Waals surface area contributed by atoms with E-state index in [1.54, 1.807) is 48.7 Å². The number of aryl methyl sites for hydroxylation is 1. The number of thiazole rings is 1. The molecule has 0 atom stereocenters. The number of hydrogen-bond acceptors (Lipinski definition) is 6. The van der Waals surface area contributed by atoms with E-state index >= 15 is 0 Å². The summed E-state index contributed by atoms with van der Waals surface area (Å²) < 4.78 is 12.5. The fraction of sp³-hybridized carbons (Fsp3) is 0.136. The molecule has 0 spiro atoms. The Labute approximate surface area is 186 Å². The summed E-state index contributed by atoms with van der Waals surface area (Å²) in [5.41, 5.74) is 1.16. The number of carbonyl (C=O) groups is 1. The molecule has 0 unspecified atom stereocenters. The van der Waals surface area contributed by atoms with Gasteiger partial charge in [0, 0.05) is 27.7 Å². The van der Waals surface area contributed by atoms with E-state index in [1.165, 1.54) is 28.9 Å². The van der Waals surface area contributed by atoms with Gasteiger partial charge in [0.25, 0.3) is 11.5 Å². The third kappa shape index (κ3) is 4.70. The highest BCUT2D eigenvalue weighted by molar-refractivity contribution is 7.16. The van der Waals surface area contributed by atoms with Crippen LogP contribution in [0.25, 0.3) is 4.96 Å². The average Bonchev–Trinajstić information content (AvgIpc) is 3.14. The van der Waals surface area contributed by atoms with Crippen LogP contribution in [-0.4, -0.2) is 22.4 Å². The van der Waals surface area contributed by atoms with Crippen LogP contribution >= 0.6 is 22.9 Å². The molecule has 1 amide bonds. The van der Waals surface area contributed by atoms with Gasteiger partial charge < -0.3 is 14.8 Å². The molecule has 1 N–H and O–H groups in total. The van der Waals surface area contributed by atoms with Crippen LogP contribution in [0.4, 0.5) is 5.69 Å². The van der Waals surface area contributed by atoms with Crippen molar-refractivity contribution in [2.24, 2.45) is 0 Å². The first-order chi connectivity index (χ1) is 14.9. The van der Waals surface area contributed by atoms with Crippen molar-refractivity contribution >= 4 is 39.5 Å². The number of hydrogen-bond donors (Lipinski definition) is 1. The summed E-state index contributed by atoms with van der Waals surface area (Å²) in [5, 5.41) is 3.26. The van der Waals surface area contributed by atoms with Crippen LogP contribution < -0.4 is 20.3 Å². The van der Waals surface area contributed by atoms with Crippen molar-refractivity contribution in [2.45, 2.75) is 13.5 Å². The number of amides is 1. The quantitative estimate of drug-likeness (QED) is 0.461. The maximum atomic E-state index is 12.7. The Bertz CT molecular complexity index is 1330.